The highest BCUT2D eigenvalue weighted by Gasteiger charge is 2.21. The van der Waals surface area contributed by atoms with Gasteiger partial charge in [0.25, 0.3) is 0 Å². The number of rotatable bonds is 5. The Morgan fingerprint density at radius 3 is 2.68 bits per heavy atom. The van der Waals surface area contributed by atoms with Gasteiger partial charge in [-0.3, -0.25) is 4.99 Å². The molecule has 1 saturated heterocycles. The van der Waals surface area contributed by atoms with Gasteiger partial charge in [-0.2, -0.15) is 0 Å². The second kappa shape index (κ2) is 9.03. The fourth-order valence-electron chi connectivity index (χ4n) is 3.87. The third-order valence-corrected chi connectivity index (χ3v) is 5.34. The van der Waals surface area contributed by atoms with Crippen LogP contribution in [-0.2, 0) is 19.4 Å². The van der Waals surface area contributed by atoms with Crippen LogP contribution in [0.2, 0.25) is 0 Å². The van der Waals surface area contributed by atoms with E-state index in [9.17, 15) is 0 Å². The Kier molecular flexibility index (Phi) is 6.04. The number of guanidine groups is 1. The molecule has 0 bridgehead atoms. The minimum Gasteiger partial charge on any atom is -0.357 e. The largest absolute Gasteiger partial charge is 0.357 e. The molecular weight excluding hydrogens is 352 g/mol. The molecule has 8 heteroatoms. The molecule has 2 aromatic heterocycles. The minimum atomic E-state index is 0.765. The molecule has 0 spiro atoms. The van der Waals surface area contributed by atoms with Crippen LogP contribution in [0.1, 0.15) is 31.3 Å². The number of aliphatic imine (C=N–C) groups is 1. The third kappa shape index (κ3) is 4.43. The second-order valence-electron chi connectivity index (χ2n) is 7.31. The smallest absolute Gasteiger partial charge is 0.225 e. The number of imidazole rings is 1. The lowest BCUT2D eigenvalue weighted by Crippen LogP contribution is -2.53. The zero-order valence-corrected chi connectivity index (χ0v) is 16.7. The van der Waals surface area contributed by atoms with Crippen LogP contribution in [0.25, 0.3) is 0 Å². The predicted molar refractivity (Wildman–Crippen MR) is 111 cm³/mol. The van der Waals surface area contributed by atoms with E-state index in [-0.39, 0.29) is 0 Å². The second-order valence-corrected chi connectivity index (χ2v) is 7.31. The van der Waals surface area contributed by atoms with Crippen LogP contribution in [0.15, 0.2) is 29.6 Å². The van der Waals surface area contributed by atoms with Crippen molar-refractivity contribution in [2.45, 2.75) is 39.2 Å². The molecule has 1 fully saturated rings. The van der Waals surface area contributed by atoms with Gasteiger partial charge in [-0.1, -0.05) is 0 Å². The van der Waals surface area contributed by atoms with Crippen molar-refractivity contribution < 1.29 is 0 Å². The Morgan fingerprint density at radius 2 is 1.93 bits per heavy atom. The van der Waals surface area contributed by atoms with E-state index < -0.39 is 0 Å². The first-order valence-corrected chi connectivity index (χ1v) is 10.4. The lowest BCUT2D eigenvalue weighted by Gasteiger charge is -2.36. The topological polar surface area (TPSA) is 74.5 Å². The van der Waals surface area contributed by atoms with Gasteiger partial charge >= 0.3 is 0 Å². The molecule has 0 saturated carbocycles. The molecule has 28 heavy (non-hydrogen) atoms. The number of hydrogen-bond donors (Lipinski definition) is 1. The number of hydrogen-bond acceptors (Lipinski definition) is 5. The highest BCUT2D eigenvalue weighted by molar-refractivity contribution is 5.80. The van der Waals surface area contributed by atoms with Gasteiger partial charge in [-0.15, -0.1) is 0 Å². The van der Waals surface area contributed by atoms with Gasteiger partial charge in [0.2, 0.25) is 5.95 Å². The van der Waals surface area contributed by atoms with Gasteiger partial charge in [0, 0.05) is 77.2 Å². The van der Waals surface area contributed by atoms with E-state index in [1.807, 2.05) is 6.07 Å². The minimum absolute atomic E-state index is 0.765. The maximum Gasteiger partial charge on any atom is 0.225 e. The number of nitrogens with one attached hydrogen (secondary N) is 1. The number of aromatic nitrogens is 4. The Hall–Kier alpha value is -2.64. The molecule has 2 aromatic rings. The van der Waals surface area contributed by atoms with Gasteiger partial charge in [0.05, 0.1) is 5.69 Å². The van der Waals surface area contributed by atoms with Gasteiger partial charge in [0.15, 0.2) is 5.96 Å². The van der Waals surface area contributed by atoms with Crippen molar-refractivity contribution in [1.82, 2.24) is 29.7 Å². The van der Waals surface area contributed by atoms with Gasteiger partial charge < -0.3 is 19.7 Å². The molecule has 0 amide bonds. The standard InChI is InChI=1S/C20H30N8/c1-2-21-19(24-10-7-17-16-28-11-4-3-6-18(28)25-17)26-12-14-27(15-13-26)20-22-8-5-9-23-20/h5,8-9,16H,2-4,6-7,10-15H2,1H3,(H,21,24). The summed E-state index contributed by atoms with van der Waals surface area (Å²) in [6.07, 6.45) is 10.4. The van der Waals surface area contributed by atoms with Crippen molar-refractivity contribution in [3.05, 3.63) is 36.2 Å². The van der Waals surface area contributed by atoms with Gasteiger partial charge in [-0.05, 0) is 25.8 Å². The molecule has 0 radical (unpaired) electrons. The fourth-order valence-corrected chi connectivity index (χ4v) is 3.87. The summed E-state index contributed by atoms with van der Waals surface area (Å²) in [4.78, 5) is 22.9. The number of piperazine rings is 1. The quantitative estimate of drug-likeness (QED) is 0.621. The van der Waals surface area contributed by atoms with Crippen LogP contribution in [0.4, 0.5) is 5.95 Å². The number of nitrogens with zero attached hydrogens (tertiary/aromatic N) is 7. The molecule has 0 aliphatic carbocycles. The van der Waals surface area contributed by atoms with Crippen molar-refractivity contribution in [1.29, 1.82) is 0 Å². The van der Waals surface area contributed by atoms with Gasteiger partial charge in [-0.25, -0.2) is 15.0 Å². The maximum absolute atomic E-state index is 4.87. The first-order chi connectivity index (χ1) is 13.8. The third-order valence-electron chi connectivity index (χ3n) is 5.34. The highest BCUT2D eigenvalue weighted by atomic mass is 15.4. The van der Waals surface area contributed by atoms with E-state index in [1.165, 1.54) is 24.4 Å². The van der Waals surface area contributed by atoms with E-state index in [4.69, 9.17) is 9.98 Å². The molecule has 1 N–H and O–H groups in total. The van der Waals surface area contributed by atoms with Crippen molar-refractivity contribution in [2.75, 3.05) is 44.2 Å². The summed E-state index contributed by atoms with van der Waals surface area (Å²) in [5.41, 5.74) is 1.17. The molecule has 8 nitrogen and oxygen atoms in total. The molecule has 4 rings (SSSR count). The van der Waals surface area contributed by atoms with Crippen LogP contribution in [0, 0.1) is 0 Å². The first kappa shape index (κ1) is 18.7. The van der Waals surface area contributed by atoms with Crippen molar-refractivity contribution in [3.8, 4) is 0 Å². The van der Waals surface area contributed by atoms with E-state index in [1.54, 1.807) is 12.4 Å². The van der Waals surface area contributed by atoms with Crippen LogP contribution in [0.5, 0.6) is 0 Å². The Bertz CT molecular complexity index is 753. The van der Waals surface area contributed by atoms with Crippen LogP contribution < -0.4 is 10.2 Å². The van der Waals surface area contributed by atoms with Crippen LogP contribution in [0.3, 0.4) is 0 Å². The molecule has 4 heterocycles. The van der Waals surface area contributed by atoms with E-state index >= 15 is 0 Å². The van der Waals surface area contributed by atoms with Gasteiger partial charge in [0.1, 0.15) is 5.82 Å². The fraction of sp³-hybridized carbons (Fsp3) is 0.600. The number of fused-ring (bicyclic) bond motifs is 1. The molecule has 0 aromatic carbocycles. The molecule has 0 unspecified atom stereocenters. The molecular formula is C20H30N8. The zero-order chi connectivity index (χ0) is 19.2. The summed E-state index contributed by atoms with van der Waals surface area (Å²) in [5.74, 6) is 3.06. The number of aryl methyl sites for hydroxylation is 2. The van der Waals surface area contributed by atoms with E-state index in [2.05, 4.69) is 42.8 Å². The average molecular weight is 383 g/mol. The average Bonchev–Trinajstić information content (AvgIpc) is 3.17. The monoisotopic (exact) mass is 382 g/mol. The molecule has 0 atom stereocenters. The summed E-state index contributed by atoms with van der Waals surface area (Å²) in [6.45, 7) is 8.52. The summed E-state index contributed by atoms with van der Waals surface area (Å²) in [6, 6.07) is 1.85. The van der Waals surface area contributed by atoms with Crippen LogP contribution in [-0.4, -0.2) is 69.6 Å². The Morgan fingerprint density at radius 1 is 1.11 bits per heavy atom. The summed E-state index contributed by atoms with van der Waals surface area (Å²) in [5, 5.41) is 3.44. The van der Waals surface area contributed by atoms with Crippen molar-refractivity contribution >= 4 is 11.9 Å². The predicted octanol–water partition coefficient (Wildman–Crippen LogP) is 1.34. The molecule has 150 valence electrons. The molecule has 2 aliphatic rings. The molecule has 2 aliphatic heterocycles. The zero-order valence-electron chi connectivity index (χ0n) is 16.7. The maximum atomic E-state index is 4.87. The number of anilines is 1. The first-order valence-electron chi connectivity index (χ1n) is 10.4. The summed E-state index contributed by atoms with van der Waals surface area (Å²) in [7, 11) is 0. The SMILES string of the molecule is CCNC(=NCCc1cn2c(n1)CCCC2)N1CCN(c2ncccn2)CC1. The Balaban J connectivity index is 1.32. The lowest BCUT2D eigenvalue weighted by atomic mass is 10.2. The van der Waals surface area contributed by atoms with Crippen molar-refractivity contribution in [3.63, 3.8) is 0 Å². The van der Waals surface area contributed by atoms with E-state index in [0.717, 1.165) is 70.6 Å². The van der Waals surface area contributed by atoms with Crippen molar-refractivity contribution in [2.24, 2.45) is 4.99 Å². The normalized spacial score (nSPS) is 17.5. The summed E-state index contributed by atoms with van der Waals surface area (Å²) < 4.78 is 2.32. The highest BCUT2D eigenvalue weighted by Crippen LogP contribution is 2.15. The van der Waals surface area contributed by atoms with E-state index in [0.29, 0.717) is 0 Å². The summed E-state index contributed by atoms with van der Waals surface area (Å²) >= 11 is 0. The lowest BCUT2D eigenvalue weighted by molar-refractivity contribution is 0.370. The Labute approximate surface area is 166 Å². The van der Waals surface area contributed by atoms with Crippen LogP contribution >= 0.6 is 0 Å².